The van der Waals surface area contributed by atoms with Gasteiger partial charge in [0.25, 0.3) is 0 Å². The Hall–Kier alpha value is -1.11. The molecule has 1 aliphatic heterocycles. The number of halogens is 1. The third-order valence-electron chi connectivity index (χ3n) is 3.23. The molecule has 0 radical (unpaired) electrons. The molecule has 2 atom stereocenters. The fourth-order valence-electron chi connectivity index (χ4n) is 2.19. The number of nitrogens with zero attached hydrogens (tertiary/aromatic N) is 3. The molecule has 1 aromatic rings. The molecule has 1 saturated heterocycles. The van der Waals surface area contributed by atoms with Crippen molar-refractivity contribution in [3.8, 4) is 0 Å². The summed E-state index contributed by atoms with van der Waals surface area (Å²) in [7, 11) is 3.16. The molecule has 6 nitrogen and oxygen atoms in total. The normalized spacial score (nSPS) is 24.4. The van der Waals surface area contributed by atoms with Gasteiger partial charge in [0.15, 0.2) is 0 Å². The Morgan fingerprint density at radius 2 is 2.44 bits per heavy atom. The maximum absolute atomic E-state index is 11.6. The van der Waals surface area contributed by atoms with Crippen molar-refractivity contribution in [1.29, 1.82) is 0 Å². The summed E-state index contributed by atoms with van der Waals surface area (Å²) in [6.45, 7) is 0.893. The predicted molar refractivity (Wildman–Crippen MR) is 65.1 cm³/mol. The van der Waals surface area contributed by atoms with Crippen LogP contribution >= 0.6 is 11.6 Å². The van der Waals surface area contributed by atoms with Crippen molar-refractivity contribution in [3.05, 3.63) is 17.2 Å². The van der Waals surface area contributed by atoms with Gasteiger partial charge in [-0.15, -0.1) is 0 Å². The molecule has 2 unspecified atom stereocenters. The van der Waals surface area contributed by atoms with E-state index in [-0.39, 0.29) is 5.97 Å². The van der Waals surface area contributed by atoms with Crippen LogP contribution < -0.4 is 0 Å². The minimum Gasteiger partial charge on any atom is -0.468 e. The number of esters is 1. The van der Waals surface area contributed by atoms with E-state index in [0.717, 1.165) is 5.82 Å². The number of β-amino-alcohol motifs (C(OH)–C–C–N with tert-alkyl or cyclic N) is 1. The molecule has 1 N–H and O–H groups in total. The van der Waals surface area contributed by atoms with Crippen LogP contribution in [0.3, 0.4) is 0 Å². The van der Waals surface area contributed by atoms with Gasteiger partial charge in [0, 0.05) is 20.0 Å². The first-order chi connectivity index (χ1) is 8.52. The Labute approximate surface area is 110 Å². The summed E-state index contributed by atoms with van der Waals surface area (Å²) in [5.74, 6) is 0.426. The average molecular weight is 274 g/mol. The topological polar surface area (TPSA) is 67.6 Å². The Balaban J connectivity index is 2.12. The van der Waals surface area contributed by atoms with Gasteiger partial charge in [-0.3, -0.25) is 9.69 Å². The van der Waals surface area contributed by atoms with E-state index in [1.165, 1.54) is 7.11 Å². The molecule has 1 fully saturated rings. The molecular formula is C11H16ClN3O3. The molecule has 2 rings (SSSR count). The van der Waals surface area contributed by atoms with Crippen molar-refractivity contribution in [1.82, 2.24) is 14.5 Å². The second-order valence-electron chi connectivity index (χ2n) is 4.41. The first-order valence-electron chi connectivity index (χ1n) is 5.69. The molecule has 1 aromatic heterocycles. The number of aliphatic hydroxyl groups is 1. The van der Waals surface area contributed by atoms with Crippen LogP contribution in [0.5, 0.6) is 0 Å². The number of carbonyl (C=O) groups excluding carboxylic acids is 1. The summed E-state index contributed by atoms with van der Waals surface area (Å²) in [5, 5.41) is 10.2. The summed E-state index contributed by atoms with van der Waals surface area (Å²) >= 11 is 5.91. The van der Waals surface area contributed by atoms with E-state index in [2.05, 4.69) is 4.98 Å². The maximum Gasteiger partial charge on any atom is 0.323 e. The Bertz CT molecular complexity index is 449. The van der Waals surface area contributed by atoms with E-state index < -0.39 is 12.1 Å². The van der Waals surface area contributed by atoms with Crippen LogP contribution in [0.4, 0.5) is 0 Å². The number of likely N-dealkylation sites (tertiary alicyclic amines) is 1. The molecule has 0 amide bonds. The van der Waals surface area contributed by atoms with Crippen LogP contribution in [0.25, 0.3) is 0 Å². The van der Waals surface area contributed by atoms with Gasteiger partial charge in [0.2, 0.25) is 0 Å². The van der Waals surface area contributed by atoms with Crippen molar-refractivity contribution >= 4 is 17.6 Å². The van der Waals surface area contributed by atoms with Crippen LogP contribution in [-0.4, -0.2) is 51.3 Å². The standard InChI is InChI=1S/C11H16ClN3O3/c1-14-9(12)4-13-10(14)6-15-5-7(16)3-8(15)11(17)18-2/h4,7-8,16H,3,5-6H2,1-2H3. The van der Waals surface area contributed by atoms with Crippen LogP contribution in [-0.2, 0) is 23.1 Å². The predicted octanol–water partition coefficient (Wildman–Crippen LogP) is 0.182. The number of aliphatic hydroxyl groups excluding tert-OH is 1. The quantitative estimate of drug-likeness (QED) is 0.796. The van der Waals surface area contributed by atoms with Crippen molar-refractivity contribution in [2.24, 2.45) is 7.05 Å². The van der Waals surface area contributed by atoms with Crippen LogP contribution in [0.2, 0.25) is 5.15 Å². The number of carbonyl (C=O) groups is 1. The molecule has 0 spiro atoms. The summed E-state index contributed by atoms with van der Waals surface area (Å²) < 4.78 is 6.49. The van der Waals surface area contributed by atoms with Gasteiger partial charge in [-0.2, -0.15) is 0 Å². The highest BCUT2D eigenvalue weighted by Gasteiger charge is 2.37. The van der Waals surface area contributed by atoms with Crippen molar-refractivity contribution < 1.29 is 14.6 Å². The van der Waals surface area contributed by atoms with Gasteiger partial charge < -0.3 is 14.4 Å². The summed E-state index contributed by atoms with van der Waals surface area (Å²) in [6, 6.07) is -0.416. The number of aromatic nitrogens is 2. The van der Waals surface area contributed by atoms with E-state index in [9.17, 15) is 9.90 Å². The smallest absolute Gasteiger partial charge is 0.323 e. The van der Waals surface area contributed by atoms with E-state index in [4.69, 9.17) is 16.3 Å². The number of methoxy groups -OCH3 is 1. The van der Waals surface area contributed by atoms with Gasteiger partial charge in [0.1, 0.15) is 17.0 Å². The lowest BCUT2D eigenvalue weighted by Crippen LogP contribution is -2.37. The van der Waals surface area contributed by atoms with Gasteiger partial charge in [-0.05, 0) is 0 Å². The first kappa shape index (κ1) is 13.3. The van der Waals surface area contributed by atoms with Gasteiger partial charge in [-0.25, -0.2) is 4.98 Å². The van der Waals surface area contributed by atoms with Crippen molar-refractivity contribution in [3.63, 3.8) is 0 Å². The molecule has 0 bridgehead atoms. The van der Waals surface area contributed by atoms with Crippen LogP contribution in [0, 0.1) is 0 Å². The summed E-state index contributed by atoms with van der Waals surface area (Å²) in [5.41, 5.74) is 0. The third-order valence-corrected chi connectivity index (χ3v) is 3.58. The lowest BCUT2D eigenvalue weighted by molar-refractivity contribution is -0.146. The maximum atomic E-state index is 11.6. The molecule has 1 aliphatic rings. The van der Waals surface area contributed by atoms with Gasteiger partial charge >= 0.3 is 5.97 Å². The number of ether oxygens (including phenoxy) is 1. The number of rotatable bonds is 3. The zero-order valence-corrected chi connectivity index (χ0v) is 11.1. The molecule has 0 aromatic carbocycles. The minimum atomic E-state index is -0.509. The second-order valence-corrected chi connectivity index (χ2v) is 4.80. The average Bonchev–Trinajstić information content (AvgIpc) is 2.86. The summed E-state index contributed by atoms with van der Waals surface area (Å²) in [6.07, 6.45) is 1.45. The van der Waals surface area contributed by atoms with Gasteiger partial charge in [0.05, 0.1) is 26.0 Å². The largest absolute Gasteiger partial charge is 0.468 e. The molecule has 0 aliphatic carbocycles. The van der Waals surface area contributed by atoms with Crippen LogP contribution in [0.15, 0.2) is 6.20 Å². The lowest BCUT2D eigenvalue weighted by atomic mass is 10.2. The fourth-order valence-corrected chi connectivity index (χ4v) is 2.33. The van der Waals surface area contributed by atoms with E-state index in [1.54, 1.807) is 10.8 Å². The molecule has 100 valence electrons. The SMILES string of the molecule is COC(=O)C1CC(O)CN1Cc1ncc(Cl)n1C. The summed E-state index contributed by atoms with van der Waals surface area (Å²) in [4.78, 5) is 17.7. The molecule has 0 saturated carbocycles. The third kappa shape index (κ3) is 2.50. The number of hydrogen-bond acceptors (Lipinski definition) is 5. The van der Waals surface area contributed by atoms with E-state index >= 15 is 0 Å². The second kappa shape index (κ2) is 5.26. The van der Waals surface area contributed by atoms with E-state index in [1.807, 2.05) is 11.9 Å². The zero-order chi connectivity index (χ0) is 13.3. The van der Waals surface area contributed by atoms with Gasteiger partial charge in [-0.1, -0.05) is 11.6 Å². The Kier molecular flexibility index (Phi) is 3.89. The highest BCUT2D eigenvalue weighted by molar-refractivity contribution is 6.29. The Morgan fingerprint density at radius 1 is 1.72 bits per heavy atom. The molecule has 18 heavy (non-hydrogen) atoms. The van der Waals surface area contributed by atoms with Crippen molar-refractivity contribution in [2.75, 3.05) is 13.7 Å². The molecule has 2 heterocycles. The lowest BCUT2D eigenvalue weighted by Gasteiger charge is -2.21. The van der Waals surface area contributed by atoms with Crippen molar-refractivity contribution in [2.45, 2.75) is 25.1 Å². The van der Waals surface area contributed by atoms with Crippen LogP contribution in [0.1, 0.15) is 12.2 Å². The minimum absolute atomic E-state index is 0.327. The highest BCUT2D eigenvalue weighted by atomic mass is 35.5. The fraction of sp³-hybridized carbons (Fsp3) is 0.636. The monoisotopic (exact) mass is 273 g/mol. The van der Waals surface area contributed by atoms with E-state index in [0.29, 0.717) is 24.7 Å². The molecule has 7 heteroatoms. The number of hydrogen-bond donors (Lipinski definition) is 1. The highest BCUT2D eigenvalue weighted by Crippen LogP contribution is 2.22. The zero-order valence-electron chi connectivity index (χ0n) is 10.3. The Morgan fingerprint density at radius 3 is 3.00 bits per heavy atom. The molecular weight excluding hydrogens is 258 g/mol. The number of imidazole rings is 1. The first-order valence-corrected chi connectivity index (χ1v) is 6.06.